The third-order valence-electron chi connectivity index (χ3n) is 12.0. The Bertz CT molecular complexity index is 1120. The molecule has 0 radical (unpaired) electrons. The van der Waals surface area contributed by atoms with E-state index in [4.69, 9.17) is 28.4 Å². The molecule has 0 amide bonds. The number of cyclic esters (lactones) is 1. The Labute approximate surface area is 304 Å². The van der Waals surface area contributed by atoms with Crippen LogP contribution < -0.4 is 0 Å². The van der Waals surface area contributed by atoms with Crippen LogP contribution in [-0.2, 0) is 33.2 Å². The molecule has 3 aliphatic rings. The van der Waals surface area contributed by atoms with E-state index < -0.39 is 108 Å². The molecule has 14 nitrogen and oxygen atoms in total. The highest BCUT2D eigenvalue weighted by Crippen LogP contribution is 2.41. The summed E-state index contributed by atoms with van der Waals surface area (Å²) in [6.07, 6.45) is -10.5. The zero-order valence-corrected chi connectivity index (χ0v) is 33.1. The molecule has 14 heteroatoms. The van der Waals surface area contributed by atoms with Crippen molar-refractivity contribution in [3.63, 3.8) is 0 Å². The Kier molecular flexibility index (Phi) is 15.0. The zero-order valence-electron chi connectivity index (χ0n) is 33.1. The molecule has 0 aromatic carbocycles. The molecule has 0 aromatic rings. The predicted octanol–water partition coefficient (Wildman–Crippen LogP) is 1.58. The highest BCUT2D eigenvalue weighted by molar-refractivity contribution is 5.73. The lowest BCUT2D eigenvalue weighted by Gasteiger charge is -2.49. The summed E-state index contributed by atoms with van der Waals surface area (Å²) in [5, 5.41) is 69.3. The number of methoxy groups -OCH3 is 1. The van der Waals surface area contributed by atoms with E-state index in [1.54, 1.807) is 55.4 Å². The van der Waals surface area contributed by atoms with Crippen LogP contribution in [0.1, 0.15) is 94.9 Å². The van der Waals surface area contributed by atoms with E-state index in [1.807, 2.05) is 25.9 Å². The molecule has 3 saturated heterocycles. The summed E-state index contributed by atoms with van der Waals surface area (Å²) in [6, 6.07) is -0.310. The molecule has 1 unspecified atom stereocenters. The fraction of sp³-hybridized carbons (Fsp3) is 0.973. The summed E-state index contributed by atoms with van der Waals surface area (Å²) < 4.78 is 37.2. The van der Waals surface area contributed by atoms with Crippen LogP contribution >= 0.6 is 0 Å². The molecular formula is C37H69NO13. The van der Waals surface area contributed by atoms with Crippen LogP contribution in [0.15, 0.2) is 0 Å². The lowest BCUT2D eigenvalue weighted by atomic mass is 9.73. The molecule has 0 saturated carbocycles. The number of carbonyl (C=O) groups excluding carboxylic acids is 1. The minimum absolute atomic E-state index is 0.0362. The molecule has 3 fully saturated rings. The quantitative estimate of drug-likeness (QED) is 0.206. The monoisotopic (exact) mass is 735 g/mol. The second-order valence-electron chi connectivity index (χ2n) is 16.7. The molecule has 0 aromatic heterocycles. The second kappa shape index (κ2) is 17.2. The highest BCUT2D eigenvalue weighted by atomic mass is 16.7. The Morgan fingerprint density at radius 3 is 2.02 bits per heavy atom. The van der Waals surface area contributed by atoms with Gasteiger partial charge in [0, 0.05) is 31.4 Å². The highest BCUT2D eigenvalue weighted by Gasteiger charge is 2.53. The van der Waals surface area contributed by atoms with Gasteiger partial charge in [0.25, 0.3) is 0 Å². The number of aliphatic hydroxyl groups is 6. The number of aliphatic hydroxyl groups excluding tert-OH is 4. The van der Waals surface area contributed by atoms with E-state index in [1.165, 1.54) is 14.0 Å². The molecule has 0 bridgehead atoms. The van der Waals surface area contributed by atoms with Crippen molar-refractivity contribution in [1.82, 2.24) is 4.90 Å². The third-order valence-corrected chi connectivity index (χ3v) is 12.0. The van der Waals surface area contributed by atoms with Gasteiger partial charge in [-0.3, -0.25) is 4.79 Å². The average Bonchev–Trinajstić information content (AvgIpc) is 3.05. The SMILES string of the molecule is CC[C@H]1OC(=O)[C@H](C)[C@@H](O[C@H]2C[C@@](C)(OC)[C@@H](O)[C@H](C)O2)[C@H](C)[C@@H](O[C@@H]2O[C@H](C)C[C@H](N(C)C)[C@H]2O)C(C)(O)C[C@@H](C)[C@@H](O)[C@H](C)[C@@H](O)[C@]1(C)O. The first-order chi connectivity index (χ1) is 23.4. The lowest BCUT2D eigenvalue weighted by Crippen LogP contribution is -2.61. The number of carbonyl (C=O) groups is 1. The summed E-state index contributed by atoms with van der Waals surface area (Å²) in [4.78, 5) is 16.0. The Hall–Kier alpha value is -1.01. The number of nitrogens with zero attached hydrogens (tertiary/aromatic N) is 1. The van der Waals surface area contributed by atoms with Crippen molar-refractivity contribution in [2.45, 2.75) is 185 Å². The van der Waals surface area contributed by atoms with Crippen molar-refractivity contribution in [3.8, 4) is 0 Å². The fourth-order valence-electron chi connectivity index (χ4n) is 8.59. The number of rotatable bonds is 7. The molecule has 19 atom stereocenters. The standard InChI is InChI=1S/C37H69NO13/c1-14-25-37(10,45)30(41)20(4)27(39)18(2)16-35(8,44)32(51-34-28(40)24(38(11)12)15-19(3)47-34)21(5)29(22(6)33(43)49-25)50-26-17-36(9,46-13)31(42)23(7)48-26/h18-32,34,39-42,44-45H,14-17H2,1-13H3/t18-,19-,20+,21+,22-,23+,24+,25-,26+,27-,28-,29+,30-,31+,32-,34+,35?,36-,37-/m1/s1. The number of hydrogen-bond donors (Lipinski definition) is 6. The number of likely N-dealkylation sites (N-methyl/N-ethyl adjacent to an activating group) is 1. The first-order valence-corrected chi connectivity index (χ1v) is 18.6. The number of esters is 1. The van der Waals surface area contributed by atoms with Gasteiger partial charge in [0.05, 0.1) is 53.7 Å². The lowest BCUT2D eigenvalue weighted by molar-refractivity contribution is -0.318. The third kappa shape index (κ3) is 9.63. The van der Waals surface area contributed by atoms with E-state index in [0.717, 1.165) is 0 Å². The van der Waals surface area contributed by atoms with Gasteiger partial charge in [0.1, 0.15) is 23.9 Å². The van der Waals surface area contributed by atoms with Crippen LogP contribution in [0, 0.1) is 23.7 Å². The van der Waals surface area contributed by atoms with Gasteiger partial charge in [-0.2, -0.15) is 0 Å². The molecule has 3 rings (SSSR count). The molecule has 300 valence electrons. The van der Waals surface area contributed by atoms with Crippen molar-refractivity contribution < 1.29 is 63.9 Å². The Morgan fingerprint density at radius 2 is 1.47 bits per heavy atom. The van der Waals surface area contributed by atoms with Crippen LogP contribution in [-0.4, -0.2) is 153 Å². The topological polar surface area (TPSA) is 197 Å². The second-order valence-corrected chi connectivity index (χ2v) is 16.7. The minimum atomic E-state index is -1.93. The van der Waals surface area contributed by atoms with Gasteiger partial charge in [0.15, 0.2) is 12.6 Å². The molecule has 6 N–H and O–H groups in total. The number of ether oxygens (including phenoxy) is 6. The van der Waals surface area contributed by atoms with Crippen LogP contribution in [0.4, 0.5) is 0 Å². The maximum atomic E-state index is 14.1. The maximum Gasteiger partial charge on any atom is 0.311 e. The molecular weight excluding hydrogens is 666 g/mol. The van der Waals surface area contributed by atoms with E-state index in [2.05, 4.69) is 0 Å². The fourth-order valence-corrected chi connectivity index (χ4v) is 8.59. The molecule has 0 spiro atoms. The molecule has 51 heavy (non-hydrogen) atoms. The number of hydrogen-bond acceptors (Lipinski definition) is 14. The van der Waals surface area contributed by atoms with E-state index in [-0.39, 0.29) is 31.4 Å². The van der Waals surface area contributed by atoms with Crippen LogP contribution in [0.3, 0.4) is 0 Å². The zero-order chi connectivity index (χ0) is 39.0. The Balaban J connectivity index is 2.18. The first-order valence-electron chi connectivity index (χ1n) is 18.6. The van der Waals surface area contributed by atoms with Gasteiger partial charge in [-0.25, -0.2) is 0 Å². The normalized spacial score (nSPS) is 51.2. The molecule has 3 aliphatic heterocycles. The smallest absolute Gasteiger partial charge is 0.311 e. The van der Waals surface area contributed by atoms with Crippen LogP contribution in [0.5, 0.6) is 0 Å². The van der Waals surface area contributed by atoms with E-state index in [0.29, 0.717) is 6.42 Å². The van der Waals surface area contributed by atoms with E-state index >= 15 is 0 Å². The van der Waals surface area contributed by atoms with Gasteiger partial charge >= 0.3 is 5.97 Å². The average molecular weight is 736 g/mol. The predicted molar refractivity (Wildman–Crippen MR) is 187 cm³/mol. The minimum Gasteiger partial charge on any atom is -0.459 e. The molecule has 0 aliphatic carbocycles. The van der Waals surface area contributed by atoms with Crippen molar-refractivity contribution >= 4 is 5.97 Å². The van der Waals surface area contributed by atoms with Crippen molar-refractivity contribution in [3.05, 3.63) is 0 Å². The van der Waals surface area contributed by atoms with Crippen molar-refractivity contribution in [2.24, 2.45) is 23.7 Å². The van der Waals surface area contributed by atoms with Gasteiger partial charge in [-0.05, 0) is 80.8 Å². The largest absolute Gasteiger partial charge is 0.459 e. The summed E-state index contributed by atoms with van der Waals surface area (Å²) in [6.45, 7) is 16.7. The van der Waals surface area contributed by atoms with Crippen LogP contribution in [0.2, 0.25) is 0 Å². The summed E-state index contributed by atoms with van der Waals surface area (Å²) in [5.41, 5.74) is -4.71. The Morgan fingerprint density at radius 1 is 0.863 bits per heavy atom. The summed E-state index contributed by atoms with van der Waals surface area (Å²) in [7, 11) is 5.20. The van der Waals surface area contributed by atoms with Gasteiger partial charge in [-0.15, -0.1) is 0 Å². The van der Waals surface area contributed by atoms with Gasteiger partial charge < -0.3 is 64.0 Å². The maximum absolute atomic E-state index is 14.1. The van der Waals surface area contributed by atoms with Gasteiger partial charge in [0.2, 0.25) is 0 Å². The summed E-state index contributed by atoms with van der Waals surface area (Å²) in [5.74, 6) is -4.11. The first kappa shape index (κ1) is 44.4. The van der Waals surface area contributed by atoms with Gasteiger partial charge in [-0.1, -0.05) is 27.7 Å². The van der Waals surface area contributed by atoms with E-state index in [9.17, 15) is 35.4 Å². The van der Waals surface area contributed by atoms with Crippen molar-refractivity contribution in [2.75, 3.05) is 21.2 Å². The van der Waals surface area contributed by atoms with Crippen LogP contribution in [0.25, 0.3) is 0 Å². The summed E-state index contributed by atoms with van der Waals surface area (Å²) >= 11 is 0. The molecule has 3 heterocycles. The van der Waals surface area contributed by atoms with Crippen molar-refractivity contribution in [1.29, 1.82) is 0 Å².